The average molecular weight is 155 g/mol. The van der Waals surface area contributed by atoms with Crippen LogP contribution >= 0.6 is 0 Å². The maximum absolute atomic E-state index is 10.9. The Labute approximate surface area is 68.4 Å². The first-order valence-corrected chi connectivity index (χ1v) is 4.56. The fraction of sp³-hybridized carbons (Fsp3) is 0.889. The Hall–Kier alpha value is -0.530. The molecule has 1 aliphatic rings. The molecule has 0 aromatic heterocycles. The first-order chi connectivity index (χ1) is 5.25. The van der Waals surface area contributed by atoms with Crippen LogP contribution in [0.25, 0.3) is 0 Å². The van der Waals surface area contributed by atoms with Crippen molar-refractivity contribution < 1.29 is 4.79 Å². The molecule has 1 unspecified atom stereocenters. The zero-order chi connectivity index (χ0) is 8.27. The van der Waals surface area contributed by atoms with E-state index < -0.39 is 0 Å². The molecule has 0 radical (unpaired) electrons. The topological polar surface area (TPSA) is 29.1 Å². The SMILES string of the molecule is CCCCC[C@H]1C(=O)NC1C. The molecule has 0 spiro atoms. The van der Waals surface area contributed by atoms with E-state index in [1.807, 2.05) is 0 Å². The van der Waals surface area contributed by atoms with Crippen molar-refractivity contribution in [2.45, 2.75) is 45.6 Å². The van der Waals surface area contributed by atoms with Crippen LogP contribution in [0.5, 0.6) is 0 Å². The van der Waals surface area contributed by atoms with Gasteiger partial charge in [-0.05, 0) is 13.3 Å². The molecular formula is C9H17NO. The zero-order valence-electron chi connectivity index (χ0n) is 7.39. The van der Waals surface area contributed by atoms with Gasteiger partial charge in [0.2, 0.25) is 5.91 Å². The standard InChI is InChI=1S/C9H17NO/c1-3-4-5-6-8-7(2)10-9(8)11/h7-8H,3-6H2,1-2H3,(H,10,11)/t7?,8-/m1/s1. The Kier molecular flexibility index (Phi) is 2.92. The number of carbonyl (C=O) groups excluding carboxylic acids is 1. The molecule has 2 nitrogen and oxygen atoms in total. The predicted octanol–water partition coefficient (Wildman–Crippen LogP) is 1.70. The third kappa shape index (κ3) is 1.95. The molecular weight excluding hydrogens is 138 g/mol. The minimum atomic E-state index is 0.258. The molecule has 0 aliphatic carbocycles. The van der Waals surface area contributed by atoms with Crippen molar-refractivity contribution in [3.05, 3.63) is 0 Å². The fourth-order valence-corrected chi connectivity index (χ4v) is 1.56. The van der Waals surface area contributed by atoms with E-state index in [4.69, 9.17) is 0 Å². The van der Waals surface area contributed by atoms with Gasteiger partial charge in [0.05, 0.1) is 5.92 Å². The van der Waals surface area contributed by atoms with Gasteiger partial charge in [-0.15, -0.1) is 0 Å². The number of amides is 1. The minimum absolute atomic E-state index is 0.258. The van der Waals surface area contributed by atoms with E-state index in [0.29, 0.717) is 12.0 Å². The summed E-state index contributed by atoms with van der Waals surface area (Å²) in [5.41, 5.74) is 0. The Bertz CT molecular complexity index is 144. The quantitative estimate of drug-likeness (QED) is 0.486. The van der Waals surface area contributed by atoms with Gasteiger partial charge in [0, 0.05) is 6.04 Å². The van der Waals surface area contributed by atoms with Crippen LogP contribution in [-0.2, 0) is 4.79 Å². The Morgan fingerprint density at radius 2 is 2.18 bits per heavy atom. The largest absolute Gasteiger partial charge is 0.353 e. The zero-order valence-corrected chi connectivity index (χ0v) is 7.39. The molecule has 64 valence electrons. The van der Waals surface area contributed by atoms with Crippen molar-refractivity contribution in [2.75, 3.05) is 0 Å². The summed E-state index contributed by atoms with van der Waals surface area (Å²) >= 11 is 0. The predicted molar refractivity (Wildman–Crippen MR) is 45.2 cm³/mol. The minimum Gasteiger partial charge on any atom is -0.353 e. The van der Waals surface area contributed by atoms with Crippen LogP contribution in [0.4, 0.5) is 0 Å². The van der Waals surface area contributed by atoms with E-state index in [9.17, 15) is 4.79 Å². The maximum atomic E-state index is 10.9. The number of rotatable bonds is 4. The molecule has 11 heavy (non-hydrogen) atoms. The van der Waals surface area contributed by atoms with Gasteiger partial charge in [0.15, 0.2) is 0 Å². The fourth-order valence-electron chi connectivity index (χ4n) is 1.56. The molecule has 0 bridgehead atoms. The number of unbranched alkanes of at least 4 members (excludes halogenated alkanes) is 2. The lowest BCUT2D eigenvalue weighted by atomic mass is 9.87. The van der Waals surface area contributed by atoms with Crippen molar-refractivity contribution >= 4 is 5.91 Å². The molecule has 1 saturated heterocycles. The molecule has 1 aliphatic heterocycles. The highest BCUT2D eigenvalue weighted by Gasteiger charge is 2.34. The average Bonchev–Trinajstić information content (AvgIpc) is 1.98. The third-order valence-corrected chi connectivity index (χ3v) is 2.43. The second-order valence-corrected chi connectivity index (χ2v) is 3.40. The van der Waals surface area contributed by atoms with Crippen molar-refractivity contribution in [1.82, 2.24) is 5.32 Å². The third-order valence-electron chi connectivity index (χ3n) is 2.43. The van der Waals surface area contributed by atoms with Crippen LogP contribution in [0.1, 0.15) is 39.5 Å². The monoisotopic (exact) mass is 155 g/mol. The van der Waals surface area contributed by atoms with Crippen LogP contribution in [0, 0.1) is 5.92 Å². The van der Waals surface area contributed by atoms with Crippen molar-refractivity contribution in [1.29, 1.82) is 0 Å². The van der Waals surface area contributed by atoms with Crippen LogP contribution in [0.3, 0.4) is 0 Å². The summed E-state index contributed by atoms with van der Waals surface area (Å²) in [7, 11) is 0. The number of hydrogen-bond acceptors (Lipinski definition) is 1. The van der Waals surface area contributed by atoms with E-state index in [1.54, 1.807) is 0 Å². The van der Waals surface area contributed by atoms with Gasteiger partial charge in [0.1, 0.15) is 0 Å². The number of hydrogen-bond donors (Lipinski definition) is 1. The van der Waals surface area contributed by atoms with Gasteiger partial charge in [0.25, 0.3) is 0 Å². The lowest BCUT2D eigenvalue weighted by molar-refractivity contribution is -0.134. The number of β-lactam (4-membered cyclic amide) rings is 1. The summed E-state index contributed by atoms with van der Waals surface area (Å²) in [4.78, 5) is 10.9. The Balaban J connectivity index is 2.11. The Morgan fingerprint density at radius 1 is 1.45 bits per heavy atom. The first kappa shape index (κ1) is 8.57. The van der Waals surface area contributed by atoms with E-state index in [0.717, 1.165) is 6.42 Å². The van der Waals surface area contributed by atoms with Crippen LogP contribution in [-0.4, -0.2) is 11.9 Å². The molecule has 1 heterocycles. The molecule has 2 atom stereocenters. The molecule has 0 aromatic rings. The highest BCUT2D eigenvalue weighted by molar-refractivity contribution is 5.85. The normalized spacial score (nSPS) is 29.5. The first-order valence-electron chi connectivity index (χ1n) is 4.56. The van der Waals surface area contributed by atoms with E-state index in [1.165, 1.54) is 19.3 Å². The summed E-state index contributed by atoms with van der Waals surface area (Å²) in [6.07, 6.45) is 4.79. The summed E-state index contributed by atoms with van der Waals surface area (Å²) < 4.78 is 0. The summed E-state index contributed by atoms with van der Waals surface area (Å²) in [6.45, 7) is 4.27. The summed E-state index contributed by atoms with van der Waals surface area (Å²) in [6, 6.07) is 0.430. The van der Waals surface area contributed by atoms with Gasteiger partial charge in [-0.1, -0.05) is 26.2 Å². The van der Waals surface area contributed by atoms with Gasteiger partial charge in [-0.25, -0.2) is 0 Å². The van der Waals surface area contributed by atoms with Gasteiger partial charge >= 0.3 is 0 Å². The lowest BCUT2D eigenvalue weighted by Gasteiger charge is -2.34. The molecule has 0 aromatic carbocycles. The summed E-state index contributed by atoms with van der Waals surface area (Å²) in [5.74, 6) is 0.579. The molecule has 1 N–H and O–H groups in total. The Morgan fingerprint density at radius 3 is 2.64 bits per heavy atom. The second-order valence-electron chi connectivity index (χ2n) is 3.40. The summed E-state index contributed by atoms with van der Waals surface area (Å²) in [5, 5.41) is 2.84. The highest BCUT2D eigenvalue weighted by atomic mass is 16.2. The van der Waals surface area contributed by atoms with Gasteiger partial charge in [-0.3, -0.25) is 4.79 Å². The highest BCUT2D eigenvalue weighted by Crippen LogP contribution is 2.21. The second kappa shape index (κ2) is 3.74. The van der Waals surface area contributed by atoms with E-state index in [2.05, 4.69) is 19.2 Å². The molecule has 0 saturated carbocycles. The molecule has 2 heteroatoms. The van der Waals surface area contributed by atoms with Crippen molar-refractivity contribution in [2.24, 2.45) is 5.92 Å². The van der Waals surface area contributed by atoms with E-state index >= 15 is 0 Å². The van der Waals surface area contributed by atoms with Gasteiger partial charge in [-0.2, -0.15) is 0 Å². The van der Waals surface area contributed by atoms with Crippen LogP contribution in [0.15, 0.2) is 0 Å². The smallest absolute Gasteiger partial charge is 0.225 e. The van der Waals surface area contributed by atoms with Crippen molar-refractivity contribution in [3.63, 3.8) is 0 Å². The van der Waals surface area contributed by atoms with E-state index in [-0.39, 0.29) is 5.91 Å². The maximum Gasteiger partial charge on any atom is 0.225 e. The van der Waals surface area contributed by atoms with Crippen LogP contribution < -0.4 is 5.32 Å². The molecule has 1 amide bonds. The van der Waals surface area contributed by atoms with Gasteiger partial charge < -0.3 is 5.32 Å². The molecule has 1 rings (SSSR count). The number of nitrogens with one attached hydrogen (secondary N) is 1. The lowest BCUT2D eigenvalue weighted by Crippen LogP contribution is -2.56. The van der Waals surface area contributed by atoms with Crippen molar-refractivity contribution in [3.8, 4) is 0 Å². The molecule has 1 fully saturated rings. The van der Waals surface area contributed by atoms with Crippen LogP contribution in [0.2, 0.25) is 0 Å². The number of carbonyl (C=O) groups is 1.